The summed E-state index contributed by atoms with van der Waals surface area (Å²) < 4.78 is 5.17. The van der Waals surface area contributed by atoms with E-state index in [1.165, 1.54) is 12.3 Å². The summed E-state index contributed by atoms with van der Waals surface area (Å²) in [5.41, 5.74) is 0.867. The van der Waals surface area contributed by atoms with Crippen LogP contribution in [0.15, 0.2) is 52.1 Å². The van der Waals surface area contributed by atoms with Crippen molar-refractivity contribution < 1.29 is 14.1 Å². The van der Waals surface area contributed by atoms with Gasteiger partial charge in [0.2, 0.25) is 0 Å². The number of carbonyl (C=O) groups excluding carboxylic acids is 1. The Morgan fingerprint density at radius 2 is 1.96 bits per heavy atom. The molecule has 1 saturated heterocycles. The number of non-ortho nitro benzene ring substituents is 1. The van der Waals surface area contributed by atoms with Crippen LogP contribution in [0.25, 0.3) is 0 Å². The monoisotopic (exact) mass is 371 g/mol. The Morgan fingerprint density at radius 1 is 1.22 bits per heavy atom. The number of guanidine groups is 1. The van der Waals surface area contributed by atoms with Crippen molar-refractivity contribution in [2.24, 2.45) is 4.99 Å². The van der Waals surface area contributed by atoms with Crippen LogP contribution in [0.3, 0.4) is 0 Å². The second-order valence-corrected chi connectivity index (χ2v) is 6.08. The molecule has 1 aliphatic rings. The van der Waals surface area contributed by atoms with Crippen molar-refractivity contribution in [2.75, 3.05) is 33.2 Å². The Bertz CT molecular complexity index is 826. The number of nitrogens with one attached hydrogen (secondary N) is 1. The van der Waals surface area contributed by atoms with Gasteiger partial charge in [-0.3, -0.25) is 19.9 Å². The van der Waals surface area contributed by atoms with Crippen LogP contribution in [0.5, 0.6) is 0 Å². The highest BCUT2D eigenvalue weighted by Gasteiger charge is 2.25. The van der Waals surface area contributed by atoms with Crippen LogP contribution in [-0.2, 0) is 6.54 Å². The quantitative estimate of drug-likeness (QED) is 0.380. The van der Waals surface area contributed by atoms with Gasteiger partial charge in [0.1, 0.15) is 0 Å². The summed E-state index contributed by atoms with van der Waals surface area (Å²) in [6.07, 6.45) is 1.49. The molecule has 0 radical (unpaired) electrons. The molecule has 0 saturated carbocycles. The number of aliphatic imine (C=N–C) groups is 1. The maximum absolute atomic E-state index is 12.3. The topological polar surface area (TPSA) is 104 Å². The molecule has 3 rings (SSSR count). The molecule has 2 aromatic rings. The number of rotatable bonds is 4. The third kappa shape index (κ3) is 4.43. The minimum atomic E-state index is -0.409. The van der Waals surface area contributed by atoms with Gasteiger partial charge in [0.05, 0.1) is 11.2 Å². The van der Waals surface area contributed by atoms with Crippen molar-refractivity contribution >= 4 is 17.6 Å². The number of nitrogens with zero attached hydrogens (tertiary/aromatic N) is 4. The summed E-state index contributed by atoms with van der Waals surface area (Å²) in [6, 6.07) is 9.86. The number of hydrogen-bond acceptors (Lipinski definition) is 5. The number of nitro groups is 1. The largest absolute Gasteiger partial charge is 0.459 e. The number of furan rings is 1. The molecule has 0 aliphatic carbocycles. The van der Waals surface area contributed by atoms with Crippen LogP contribution in [0.2, 0.25) is 0 Å². The normalized spacial score (nSPS) is 14.9. The van der Waals surface area contributed by atoms with Crippen LogP contribution in [0.4, 0.5) is 5.69 Å². The van der Waals surface area contributed by atoms with Crippen LogP contribution >= 0.6 is 0 Å². The molecule has 1 aromatic heterocycles. The van der Waals surface area contributed by atoms with Crippen molar-refractivity contribution in [1.82, 2.24) is 15.1 Å². The second kappa shape index (κ2) is 8.35. The first-order valence-electron chi connectivity index (χ1n) is 8.60. The Hall–Kier alpha value is -3.36. The molecule has 0 unspecified atom stereocenters. The van der Waals surface area contributed by atoms with E-state index in [9.17, 15) is 14.9 Å². The maximum atomic E-state index is 12.3. The van der Waals surface area contributed by atoms with E-state index in [1.807, 2.05) is 6.07 Å². The van der Waals surface area contributed by atoms with Crippen molar-refractivity contribution in [2.45, 2.75) is 6.54 Å². The zero-order chi connectivity index (χ0) is 19.2. The van der Waals surface area contributed by atoms with Gasteiger partial charge < -0.3 is 19.5 Å². The summed E-state index contributed by atoms with van der Waals surface area (Å²) in [5.74, 6) is 0.933. The molecular weight excluding hydrogens is 350 g/mol. The number of benzene rings is 1. The first-order chi connectivity index (χ1) is 13.1. The number of hydrogen-bond donors (Lipinski definition) is 1. The van der Waals surface area contributed by atoms with E-state index in [4.69, 9.17) is 4.42 Å². The van der Waals surface area contributed by atoms with E-state index in [-0.39, 0.29) is 11.6 Å². The van der Waals surface area contributed by atoms with Crippen molar-refractivity contribution in [1.29, 1.82) is 0 Å². The smallest absolute Gasteiger partial charge is 0.289 e. The first-order valence-corrected chi connectivity index (χ1v) is 8.60. The van der Waals surface area contributed by atoms with Gasteiger partial charge >= 0.3 is 0 Å². The molecule has 0 spiro atoms. The van der Waals surface area contributed by atoms with Crippen LogP contribution in [-0.4, -0.2) is 59.8 Å². The highest BCUT2D eigenvalue weighted by atomic mass is 16.6. The van der Waals surface area contributed by atoms with E-state index in [0.717, 1.165) is 5.56 Å². The lowest BCUT2D eigenvalue weighted by Crippen LogP contribution is -2.53. The number of piperazine rings is 1. The minimum Gasteiger partial charge on any atom is -0.459 e. The van der Waals surface area contributed by atoms with E-state index in [2.05, 4.69) is 15.2 Å². The fraction of sp³-hybridized carbons (Fsp3) is 0.333. The van der Waals surface area contributed by atoms with Crippen LogP contribution in [0.1, 0.15) is 16.1 Å². The zero-order valence-electron chi connectivity index (χ0n) is 15.0. The molecule has 142 valence electrons. The highest BCUT2D eigenvalue weighted by molar-refractivity contribution is 5.91. The lowest BCUT2D eigenvalue weighted by Gasteiger charge is -2.36. The molecule has 1 amide bonds. The molecule has 9 nitrogen and oxygen atoms in total. The Morgan fingerprint density at radius 3 is 2.59 bits per heavy atom. The standard InChI is InChI=1S/C18H21N5O4/c1-19-18(20-13-14-4-2-5-15(12-14)23(25)26)22-9-7-21(8-10-22)17(24)16-6-3-11-27-16/h2-6,11-12H,7-10,13H2,1H3,(H,19,20). The first kappa shape index (κ1) is 18.4. The van der Waals surface area contributed by atoms with Gasteiger partial charge in [0, 0.05) is 51.9 Å². The third-order valence-electron chi connectivity index (χ3n) is 4.38. The Kier molecular flexibility index (Phi) is 5.70. The molecule has 0 bridgehead atoms. The van der Waals surface area contributed by atoms with Crippen molar-refractivity contribution in [3.8, 4) is 0 Å². The lowest BCUT2D eigenvalue weighted by molar-refractivity contribution is -0.384. The molecule has 2 heterocycles. The van der Waals surface area contributed by atoms with E-state index < -0.39 is 4.92 Å². The lowest BCUT2D eigenvalue weighted by atomic mass is 10.2. The average Bonchev–Trinajstić information content (AvgIpc) is 3.23. The molecular formula is C18H21N5O4. The van der Waals surface area contributed by atoms with Gasteiger partial charge in [0.25, 0.3) is 11.6 Å². The van der Waals surface area contributed by atoms with Gasteiger partial charge in [-0.05, 0) is 17.7 Å². The molecule has 9 heteroatoms. The maximum Gasteiger partial charge on any atom is 0.289 e. The fourth-order valence-electron chi connectivity index (χ4n) is 2.97. The van der Waals surface area contributed by atoms with Gasteiger partial charge in [-0.2, -0.15) is 0 Å². The Balaban J connectivity index is 1.54. The molecule has 0 atom stereocenters. The number of nitro benzene ring substituents is 1. The minimum absolute atomic E-state index is 0.0642. The fourth-order valence-corrected chi connectivity index (χ4v) is 2.97. The van der Waals surface area contributed by atoms with Gasteiger partial charge in [0.15, 0.2) is 11.7 Å². The molecule has 1 fully saturated rings. The second-order valence-electron chi connectivity index (χ2n) is 6.08. The summed E-state index contributed by atoms with van der Waals surface area (Å²) in [6.45, 7) is 2.84. The number of carbonyl (C=O) groups is 1. The molecule has 27 heavy (non-hydrogen) atoms. The van der Waals surface area contributed by atoms with Gasteiger partial charge in [-0.25, -0.2) is 0 Å². The van der Waals surface area contributed by atoms with Gasteiger partial charge in [-0.15, -0.1) is 0 Å². The van der Waals surface area contributed by atoms with Crippen molar-refractivity contribution in [3.05, 3.63) is 64.1 Å². The predicted octanol–water partition coefficient (Wildman–Crippen LogP) is 1.72. The third-order valence-corrected chi connectivity index (χ3v) is 4.38. The zero-order valence-corrected chi connectivity index (χ0v) is 15.0. The van der Waals surface area contributed by atoms with E-state index in [1.54, 1.807) is 36.2 Å². The number of amides is 1. The summed E-state index contributed by atoms with van der Waals surface area (Å²) >= 11 is 0. The predicted molar refractivity (Wildman–Crippen MR) is 99.5 cm³/mol. The molecule has 1 aromatic carbocycles. The summed E-state index contributed by atoms with van der Waals surface area (Å²) in [4.78, 5) is 30.9. The summed E-state index contributed by atoms with van der Waals surface area (Å²) in [5, 5.41) is 14.1. The highest BCUT2D eigenvalue weighted by Crippen LogP contribution is 2.13. The van der Waals surface area contributed by atoms with Crippen molar-refractivity contribution in [3.63, 3.8) is 0 Å². The Labute approximate surface area is 156 Å². The average molecular weight is 371 g/mol. The molecule has 1 N–H and O–H groups in total. The molecule has 1 aliphatic heterocycles. The van der Waals surface area contributed by atoms with E-state index >= 15 is 0 Å². The van der Waals surface area contributed by atoms with E-state index in [0.29, 0.717) is 44.4 Å². The van der Waals surface area contributed by atoms with Crippen LogP contribution < -0.4 is 5.32 Å². The summed E-state index contributed by atoms with van der Waals surface area (Å²) in [7, 11) is 1.69. The SMILES string of the molecule is CN=C(NCc1cccc([N+](=O)[O-])c1)N1CCN(C(=O)c2ccco2)CC1. The van der Waals surface area contributed by atoms with Gasteiger partial charge in [-0.1, -0.05) is 12.1 Å². The van der Waals surface area contributed by atoms with Crippen LogP contribution in [0, 0.1) is 10.1 Å².